The average molecular weight is 291 g/mol. The smallest absolute Gasteiger partial charge is 0.0564 e. The van der Waals surface area contributed by atoms with Gasteiger partial charge in [0.25, 0.3) is 0 Å². The van der Waals surface area contributed by atoms with Crippen LogP contribution in [0.4, 0.5) is 0 Å². The molecule has 1 heterocycles. The summed E-state index contributed by atoms with van der Waals surface area (Å²) in [4.78, 5) is 4.04. The highest BCUT2D eigenvalue weighted by Gasteiger charge is 1.89. The second-order valence-corrected chi connectivity index (χ2v) is 5.17. The normalized spacial score (nSPS) is 9.50. The Balaban J connectivity index is 2.39. The summed E-state index contributed by atoms with van der Waals surface area (Å²) in [6, 6.07) is 4.05. The molecular weight excluding hydrogens is 282 g/mol. The van der Waals surface area contributed by atoms with E-state index in [1.807, 2.05) is 12.3 Å². The van der Waals surface area contributed by atoms with Crippen LogP contribution in [0.3, 0.4) is 0 Å². The molecule has 1 aromatic rings. The van der Waals surface area contributed by atoms with Gasteiger partial charge in [-0.1, -0.05) is 12.1 Å². The van der Waals surface area contributed by atoms with E-state index in [0.29, 0.717) is 0 Å². The molecule has 0 unspecified atom stereocenters. The Labute approximate surface area is 89.2 Å². The maximum Gasteiger partial charge on any atom is 0.0564 e. The van der Waals surface area contributed by atoms with E-state index < -0.39 is 0 Å². The number of hydrogen-bond acceptors (Lipinski definition) is 1. The van der Waals surface area contributed by atoms with Crippen molar-refractivity contribution in [1.82, 2.24) is 4.98 Å². The predicted octanol–water partition coefficient (Wildman–Crippen LogP) is 3.65. The van der Waals surface area contributed by atoms with Gasteiger partial charge in [-0.3, -0.25) is 4.98 Å². The molecular formula is C9H9Br2N. The Morgan fingerprint density at radius 2 is 2.33 bits per heavy atom. The molecule has 0 radical (unpaired) electrons. The molecule has 0 N–H and O–H groups in total. The summed E-state index contributed by atoms with van der Waals surface area (Å²) in [5, 5.41) is 0. The first-order chi connectivity index (χ1) is 5.79. The standard InChI is InChI=1S/C9H9Br2N/c10-9(11)5-1-3-8-4-2-6-12-7-8/h2,4-7H,1,3H2. The molecule has 12 heavy (non-hydrogen) atoms. The van der Waals surface area contributed by atoms with Crippen molar-refractivity contribution in [2.75, 3.05) is 0 Å². The minimum atomic E-state index is 1.01. The van der Waals surface area contributed by atoms with Gasteiger partial charge in [-0.2, -0.15) is 0 Å². The fourth-order valence-electron chi connectivity index (χ4n) is 0.894. The fraction of sp³-hybridized carbons (Fsp3) is 0.222. The summed E-state index contributed by atoms with van der Waals surface area (Å²) in [5.74, 6) is 0. The minimum Gasteiger partial charge on any atom is -0.264 e. The lowest BCUT2D eigenvalue weighted by Crippen LogP contribution is -1.83. The number of aromatic nitrogens is 1. The molecule has 0 aliphatic heterocycles. The van der Waals surface area contributed by atoms with E-state index >= 15 is 0 Å². The molecule has 64 valence electrons. The van der Waals surface area contributed by atoms with Gasteiger partial charge in [0.1, 0.15) is 0 Å². The number of allylic oxidation sites excluding steroid dienone is 1. The van der Waals surface area contributed by atoms with Crippen molar-refractivity contribution in [3.63, 3.8) is 0 Å². The number of aryl methyl sites for hydroxylation is 1. The first kappa shape index (κ1) is 9.93. The van der Waals surface area contributed by atoms with Crippen LogP contribution < -0.4 is 0 Å². The Morgan fingerprint density at radius 1 is 1.50 bits per heavy atom. The van der Waals surface area contributed by atoms with Crippen LogP contribution >= 0.6 is 31.9 Å². The molecule has 0 aliphatic rings. The third-order valence-corrected chi connectivity index (χ3v) is 2.10. The summed E-state index contributed by atoms with van der Waals surface area (Å²) < 4.78 is 1.01. The maximum absolute atomic E-state index is 4.04. The SMILES string of the molecule is BrC(Br)=CCCc1cccnc1. The molecule has 1 rings (SSSR count). The maximum atomic E-state index is 4.04. The molecule has 0 spiro atoms. The summed E-state index contributed by atoms with van der Waals surface area (Å²) in [7, 11) is 0. The van der Waals surface area contributed by atoms with E-state index in [0.717, 1.165) is 16.2 Å². The van der Waals surface area contributed by atoms with Crippen LogP contribution in [0.25, 0.3) is 0 Å². The molecule has 0 saturated carbocycles. The van der Waals surface area contributed by atoms with Crippen LogP contribution in [0.2, 0.25) is 0 Å². The van der Waals surface area contributed by atoms with E-state index in [9.17, 15) is 0 Å². The molecule has 0 aliphatic carbocycles. The van der Waals surface area contributed by atoms with Crippen molar-refractivity contribution < 1.29 is 0 Å². The third-order valence-electron chi connectivity index (χ3n) is 1.45. The van der Waals surface area contributed by atoms with Gasteiger partial charge in [0.05, 0.1) is 3.39 Å². The number of pyridine rings is 1. The average Bonchev–Trinajstić information content (AvgIpc) is 2.05. The van der Waals surface area contributed by atoms with Crippen molar-refractivity contribution in [3.8, 4) is 0 Å². The summed E-state index contributed by atoms with van der Waals surface area (Å²) in [6.07, 6.45) is 7.84. The molecule has 0 saturated heterocycles. The number of hydrogen-bond donors (Lipinski definition) is 0. The van der Waals surface area contributed by atoms with Crippen LogP contribution in [0.1, 0.15) is 12.0 Å². The van der Waals surface area contributed by atoms with E-state index in [4.69, 9.17) is 0 Å². The van der Waals surface area contributed by atoms with Crippen molar-refractivity contribution >= 4 is 31.9 Å². The molecule has 1 aromatic heterocycles. The zero-order valence-electron chi connectivity index (χ0n) is 6.50. The molecule has 0 amide bonds. The molecule has 0 bridgehead atoms. The summed E-state index contributed by atoms with van der Waals surface area (Å²) >= 11 is 6.62. The quantitative estimate of drug-likeness (QED) is 0.828. The Morgan fingerprint density at radius 3 is 2.92 bits per heavy atom. The van der Waals surface area contributed by atoms with E-state index in [1.165, 1.54) is 5.56 Å². The van der Waals surface area contributed by atoms with Crippen LogP contribution in [0.5, 0.6) is 0 Å². The highest BCUT2D eigenvalue weighted by Crippen LogP contribution is 2.14. The Kier molecular flexibility index (Phi) is 4.54. The lowest BCUT2D eigenvalue weighted by atomic mass is 10.2. The van der Waals surface area contributed by atoms with Gasteiger partial charge in [0.15, 0.2) is 0 Å². The zero-order chi connectivity index (χ0) is 8.81. The molecule has 1 nitrogen and oxygen atoms in total. The van der Waals surface area contributed by atoms with E-state index in [1.54, 1.807) is 6.20 Å². The van der Waals surface area contributed by atoms with Gasteiger partial charge >= 0.3 is 0 Å². The topological polar surface area (TPSA) is 12.9 Å². The van der Waals surface area contributed by atoms with Gasteiger partial charge in [-0.05, 0) is 56.3 Å². The monoisotopic (exact) mass is 289 g/mol. The van der Waals surface area contributed by atoms with E-state index in [-0.39, 0.29) is 0 Å². The molecule has 0 atom stereocenters. The van der Waals surface area contributed by atoms with Crippen LogP contribution in [0.15, 0.2) is 34.0 Å². The summed E-state index contributed by atoms with van der Waals surface area (Å²) in [5.41, 5.74) is 1.27. The predicted molar refractivity (Wildman–Crippen MR) is 58.5 cm³/mol. The number of nitrogens with zero attached hydrogens (tertiary/aromatic N) is 1. The van der Waals surface area contributed by atoms with Crippen molar-refractivity contribution in [1.29, 1.82) is 0 Å². The van der Waals surface area contributed by atoms with Crippen LogP contribution in [-0.2, 0) is 6.42 Å². The zero-order valence-corrected chi connectivity index (χ0v) is 9.68. The van der Waals surface area contributed by atoms with Crippen molar-refractivity contribution in [3.05, 3.63) is 39.6 Å². The van der Waals surface area contributed by atoms with Crippen molar-refractivity contribution in [2.45, 2.75) is 12.8 Å². The molecule has 3 heteroatoms. The number of rotatable bonds is 3. The lowest BCUT2D eigenvalue weighted by Gasteiger charge is -1.95. The first-order valence-corrected chi connectivity index (χ1v) is 5.27. The van der Waals surface area contributed by atoms with E-state index in [2.05, 4.69) is 49.0 Å². The van der Waals surface area contributed by atoms with Crippen molar-refractivity contribution in [2.24, 2.45) is 0 Å². The van der Waals surface area contributed by atoms with Gasteiger partial charge in [-0.15, -0.1) is 0 Å². The Hall–Kier alpha value is -0.150. The van der Waals surface area contributed by atoms with Gasteiger partial charge in [0.2, 0.25) is 0 Å². The van der Waals surface area contributed by atoms with Gasteiger partial charge in [0, 0.05) is 12.4 Å². The first-order valence-electron chi connectivity index (χ1n) is 3.69. The van der Waals surface area contributed by atoms with Crippen LogP contribution in [-0.4, -0.2) is 4.98 Å². The molecule has 0 fully saturated rings. The van der Waals surface area contributed by atoms with Gasteiger partial charge in [-0.25, -0.2) is 0 Å². The molecule has 0 aromatic carbocycles. The minimum absolute atomic E-state index is 1.01. The van der Waals surface area contributed by atoms with Crippen LogP contribution in [0, 0.1) is 0 Å². The highest BCUT2D eigenvalue weighted by atomic mass is 79.9. The second kappa shape index (κ2) is 5.49. The summed E-state index contributed by atoms with van der Waals surface area (Å²) in [6.45, 7) is 0. The largest absolute Gasteiger partial charge is 0.264 e. The van der Waals surface area contributed by atoms with Gasteiger partial charge < -0.3 is 0 Å². The third kappa shape index (κ3) is 4.02. The highest BCUT2D eigenvalue weighted by molar-refractivity contribution is 9.28. The second-order valence-electron chi connectivity index (χ2n) is 2.39. The lowest BCUT2D eigenvalue weighted by molar-refractivity contribution is 0.988. The number of halogens is 2. The fourth-order valence-corrected chi connectivity index (χ4v) is 1.35. The Bertz CT molecular complexity index is 252.